The Morgan fingerprint density at radius 2 is 1.81 bits per heavy atom. The Balaban J connectivity index is 0.000000168. The molecule has 0 radical (unpaired) electrons. The van der Waals surface area contributed by atoms with Gasteiger partial charge in [-0.3, -0.25) is 9.36 Å². The summed E-state index contributed by atoms with van der Waals surface area (Å²) in [7, 11) is 0. The second-order valence-electron chi connectivity index (χ2n) is 10.6. The van der Waals surface area contributed by atoms with Crippen LogP contribution in [0.2, 0.25) is 0 Å². The van der Waals surface area contributed by atoms with Gasteiger partial charge in [-0.1, -0.05) is 55.5 Å². The molecule has 1 unspecified atom stereocenters. The van der Waals surface area contributed by atoms with Gasteiger partial charge < -0.3 is 20.1 Å². The number of aromatic amines is 1. The van der Waals surface area contributed by atoms with Crippen molar-refractivity contribution in [3.63, 3.8) is 0 Å². The summed E-state index contributed by atoms with van der Waals surface area (Å²) in [4.78, 5) is 29.0. The van der Waals surface area contributed by atoms with Crippen molar-refractivity contribution < 1.29 is 19.8 Å². The monoisotopic (exact) mass is 585 g/mol. The molecular formula is C32H35N5O4S. The van der Waals surface area contributed by atoms with E-state index in [1.54, 1.807) is 25.7 Å². The van der Waals surface area contributed by atoms with E-state index in [-0.39, 0.29) is 5.57 Å². The molecule has 0 bridgehead atoms. The van der Waals surface area contributed by atoms with Gasteiger partial charge in [-0.15, -0.1) is 22.0 Å². The van der Waals surface area contributed by atoms with Gasteiger partial charge in [0.25, 0.3) is 0 Å². The second-order valence-corrected chi connectivity index (χ2v) is 11.8. The van der Waals surface area contributed by atoms with Crippen LogP contribution in [0.5, 0.6) is 0 Å². The number of thioether (sulfide) groups is 1. The van der Waals surface area contributed by atoms with Crippen molar-refractivity contribution >= 4 is 34.6 Å². The molecule has 2 aromatic carbocycles. The van der Waals surface area contributed by atoms with Crippen LogP contribution < -0.4 is 0 Å². The van der Waals surface area contributed by atoms with Gasteiger partial charge >= 0.3 is 11.9 Å². The molecule has 1 aliphatic heterocycles. The van der Waals surface area contributed by atoms with Gasteiger partial charge in [-0.05, 0) is 61.7 Å². The maximum absolute atomic E-state index is 11.8. The molecule has 218 valence electrons. The van der Waals surface area contributed by atoms with Gasteiger partial charge in [0.2, 0.25) is 0 Å². The number of allylic oxidation sites excluding steroid dienone is 2. The normalized spacial score (nSPS) is 20.2. The van der Waals surface area contributed by atoms with Crippen LogP contribution in [0.1, 0.15) is 30.9 Å². The molecule has 2 aliphatic rings. The summed E-state index contributed by atoms with van der Waals surface area (Å²) in [5.41, 5.74) is 4.83. The van der Waals surface area contributed by atoms with Gasteiger partial charge in [-0.2, -0.15) is 0 Å². The number of hydrogen-bond acceptors (Lipinski definition) is 6. The van der Waals surface area contributed by atoms with Crippen molar-refractivity contribution in [1.29, 1.82) is 0 Å². The number of rotatable bonds is 9. The predicted molar refractivity (Wildman–Crippen MR) is 165 cm³/mol. The van der Waals surface area contributed by atoms with E-state index in [4.69, 9.17) is 0 Å². The smallest absolute Gasteiger partial charge is 0.331 e. The average Bonchev–Trinajstić information content (AvgIpc) is 3.79. The van der Waals surface area contributed by atoms with E-state index in [0.29, 0.717) is 5.75 Å². The van der Waals surface area contributed by atoms with Crippen molar-refractivity contribution in [2.75, 3.05) is 19.6 Å². The van der Waals surface area contributed by atoms with Gasteiger partial charge in [0.05, 0.1) is 0 Å². The summed E-state index contributed by atoms with van der Waals surface area (Å²) in [6, 6.07) is 16.0. The molecular weight excluding hydrogens is 550 g/mol. The molecule has 1 fully saturated rings. The number of carbonyl (C=O) groups is 2. The van der Waals surface area contributed by atoms with Gasteiger partial charge in [0, 0.05) is 46.6 Å². The quantitative estimate of drug-likeness (QED) is 0.240. The zero-order valence-electron chi connectivity index (χ0n) is 23.5. The third kappa shape index (κ3) is 6.50. The molecule has 0 amide bonds. The Labute approximate surface area is 249 Å². The number of nitrogens with one attached hydrogen (secondary N) is 1. The molecule has 3 heterocycles. The number of likely N-dealkylation sites (tertiary alicyclic amines) is 1. The molecule has 4 aromatic rings. The van der Waals surface area contributed by atoms with Crippen LogP contribution in [-0.4, -0.2) is 71.2 Å². The van der Waals surface area contributed by atoms with Crippen LogP contribution in [0.15, 0.2) is 91.2 Å². The second kappa shape index (κ2) is 13.2. The van der Waals surface area contributed by atoms with Crippen molar-refractivity contribution in [3.8, 4) is 5.69 Å². The van der Waals surface area contributed by atoms with E-state index in [0.717, 1.165) is 24.2 Å². The summed E-state index contributed by atoms with van der Waals surface area (Å²) < 4.78 is 0.689. The summed E-state index contributed by atoms with van der Waals surface area (Å²) in [5, 5.41) is 27.9. The Morgan fingerprint density at radius 1 is 1.07 bits per heavy atom. The first-order valence-electron chi connectivity index (χ1n) is 14.1. The summed E-state index contributed by atoms with van der Waals surface area (Å²) >= 11 is 1.24. The highest BCUT2D eigenvalue weighted by Gasteiger charge is 2.46. The lowest BCUT2D eigenvalue weighted by Crippen LogP contribution is -2.43. The molecule has 10 heteroatoms. The molecule has 1 aliphatic carbocycles. The van der Waals surface area contributed by atoms with E-state index < -0.39 is 22.6 Å². The van der Waals surface area contributed by atoms with Gasteiger partial charge in [-0.25, -0.2) is 4.79 Å². The number of carboxylic acid groups (broad SMARTS) is 2. The van der Waals surface area contributed by atoms with Gasteiger partial charge in [0.1, 0.15) is 17.4 Å². The van der Waals surface area contributed by atoms with Crippen molar-refractivity contribution in [2.24, 2.45) is 5.92 Å². The predicted octanol–water partition coefficient (Wildman–Crippen LogP) is 5.35. The largest absolute Gasteiger partial charge is 0.480 e. The van der Waals surface area contributed by atoms with Gasteiger partial charge in [0.15, 0.2) is 0 Å². The van der Waals surface area contributed by atoms with Crippen LogP contribution in [0.3, 0.4) is 0 Å². The zero-order chi connectivity index (χ0) is 29.5. The number of aliphatic carboxylic acids is 2. The molecule has 42 heavy (non-hydrogen) atoms. The SMILES string of the molecule is CC1C(C(=O)O)=CC=C[C@]1(SCc1ccccc1)C(=O)O.c1cc2[nH]cc(CCN3CCCC3)c2cc1-n1cnnc1. The highest BCUT2D eigenvalue weighted by molar-refractivity contribution is 8.00. The lowest BCUT2D eigenvalue weighted by atomic mass is 9.82. The van der Waals surface area contributed by atoms with E-state index in [1.807, 2.05) is 34.9 Å². The minimum Gasteiger partial charge on any atom is -0.480 e. The summed E-state index contributed by atoms with van der Waals surface area (Å²) in [6.07, 6.45) is 14.0. The van der Waals surface area contributed by atoms with Crippen molar-refractivity contribution in [3.05, 3.63) is 102 Å². The first-order valence-corrected chi connectivity index (χ1v) is 15.1. The van der Waals surface area contributed by atoms with Crippen LogP contribution >= 0.6 is 11.8 Å². The minimum absolute atomic E-state index is 0.125. The summed E-state index contributed by atoms with van der Waals surface area (Å²) in [6.45, 7) is 5.32. The lowest BCUT2D eigenvalue weighted by molar-refractivity contribution is -0.139. The molecule has 0 saturated carbocycles. The Hall–Kier alpha value is -4.15. The number of carboxylic acids is 2. The van der Waals surface area contributed by atoms with Crippen molar-refractivity contribution in [1.82, 2.24) is 24.6 Å². The number of nitrogens with zero attached hydrogens (tertiary/aromatic N) is 4. The van der Waals surface area contributed by atoms with Crippen LogP contribution in [0.4, 0.5) is 0 Å². The zero-order valence-corrected chi connectivity index (χ0v) is 24.3. The number of benzene rings is 2. The first-order chi connectivity index (χ1) is 20.4. The molecule has 2 aromatic heterocycles. The maximum Gasteiger partial charge on any atom is 0.331 e. The Morgan fingerprint density at radius 3 is 2.50 bits per heavy atom. The number of aromatic nitrogens is 4. The lowest BCUT2D eigenvalue weighted by Gasteiger charge is -2.34. The highest BCUT2D eigenvalue weighted by Crippen LogP contribution is 2.43. The highest BCUT2D eigenvalue weighted by atomic mass is 32.2. The number of hydrogen-bond donors (Lipinski definition) is 3. The number of fused-ring (bicyclic) bond motifs is 1. The number of H-pyrrole nitrogens is 1. The summed E-state index contributed by atoms with van der Waals surface area (Å²) in [5.74, 6) is -2.18. The standard InChI is InChI=1S/C16H19N5.C16H16O4S/c1-2-7-20(6-1)8-5-13-10-17-16-4-3-14(9-15(13)16)21-11-18-19-12-21;1-11-13(14(17)18)8-5-9-16(11,15(19)20)21-10-12-6-3-2-4-7-12/h3-4,9-12,17H,1-2,5-8H2;2-9,11H,10H2,1H3,(H,17,18)(H,19,20)/t;11?,16-/m.1/s1. The van der Waals surface area contributed by atoms with Crippen LogP contribution in [0.25, 0.3) is 16.6 Å². The minimum atomic E-state index is -1.25. The molecule has 6 rings (SSSR count). The van der Waals surface area contributed by atoms with E-state index in [9.17, 15) is 19.8 Å². The van der Waals surface area contributed by atoms with Crippen molar-refractivity contribution in [2.45, 2.75) is 36.7 Å². The molecule has 9 nitrogen and oxygen atoms in total. The van der Waals surface area contributed by atoms with E-state index in [1.165, 1.54) is 66.3 Å². The molecule has 3 N–H and O–H groups in total. The van der Waals surface area contributed by atoms with Crippen LogP contribution in [-0.2, 0) is 21.8 Å². The Bertz CT molecular complexity index is 1570. The topological polar surface area (TPSA) is 124 Å². The fourth-order valence-corrected chi connectivity index (χ4v) is 6.77. The molecule has 2 atom stereocenters. The van der Waals surface area contributed by atoms with Crippen LogP contribution in [0, 0.1) is 5.92 Å². The fourth-order valence-electron chi connectivity index (χ4n) is 5.49. The Kier molecular flexibility index (Phi) is 9.24. The van der Waals surface area contributed by atoms with E-state index in [2.05, 4.69) is 44.5 Å². The fraction of sp³-hybridized carbons (Fsp3) is 0.312. The first kappa shape index (κ1) is 29.3. The average molecular weight is 586 g/mol. The third-order valence-corrected chi connectivity index (χ3v) is 9.61. The maximum atomic E-state index is 11.8. The molecule has 0 spiro atoms. The third-order valence-electron chi connectivity index (χ3n) is 8.00. The molecule has 1 saturated heterocycles. The van der Waals surface area contributed by atoms with E-state index >= 15 is 0 Å².